The van der Waals surface area contributed by atoms with Crippen LogP contribution in [-0.4, -0.2) is 33.1 Å². The van der Waals surface area contributed by atoms with E-state index in [2.05, 4.69) is 21.5 Å². The van der Waals surface area contributed by atoms with Gasteiger partial charge in [0.1, 0.15) is 11.3 Å². The van der Waals surface area contributed by atoms with Crippen molar-refractivity contribution in [2.24, 2.45) is 0 Å². The van der Waals surface area contributed by atoms with E-state index in [0.717, 1.165) is 36.4 Å². The Hall–Kier alpha value is -0.840. The average molecular weight is 314 g/mol. The van der Waals surface area contributed by atoms with Crippen LogP contribution in [0, 0.1) is 0 Å². The predicted molar refractivity (Wildman–Crippen MR) is 80.6 cm³/mol. The molecule has 1 fully saturated rings. The zero-order valence-corrected chi connectivity index (χ0v) is 12.9. The molecule has 2 aromatic heterocycles. The van der Waals surface area contributed by atoms with Crippen LogP contribution >= 0.6 is 23.2 Å². The molecular weight excluding hydrogens is 297 g/mol. The fourth-order valence-corrected chi connectivity index (χ4v) is 3.16. The van der Waals surface area contributed by atoms with Crippen LogP contribution in [-0.2, 0) is 11.2 Å². The molecule has 1 aliphatic heterocycles. The van der Waals surface area contributed by atoms with E-state index in [1.807, 2.05) is 6.07 Å². The van der Waals surface area contributed by atoms with Crippen molar-refractivity contribution in [2.45, 2.75) is 38.3 Å². The fraction of sp³-hybridized carbons (Fsp3) is 0.571. The third kappa shape index (κ3) is 2.52. The number of halogens is 2. The topological polar surface area (TPSA) is 39.9 Å². The van der Waals surface area contributed by atoms with Gasteiger partial charge in [-0.05, 0) is 25.8 Å². The number of fused-ring (bicyclic) bond motifs is 1. The van der Waals surface area contributed by atoms with Crippen LogP contribution in [0.25, 0.3) is 11.2 Å². The summed E-state index contributed by atoms with van der Waals surface area (Å²) in [6.07, 6.45) is 4.79. The van der Waals surface area contributed by atoms with Gasteiger partial charge in [0.15, 0.2) is 5.65 Å². The SMILES string of the molecule is CC(C1CCCO1)n1c(CCCl)nc2cc(Cl)cnc21. The van der Waals surface area contributed by atoms with Crippen LogP contribution < -0.4 is 0 Å². The van der Waals surface area contributed by atoms with E-state index >= 15 is 0 Å². The van der Waals surface area contributed by atoms with E-state index in [0.29, 0.717) is 17.3 Å². The number of nitrogens with zero attached hydrogens (tertiary/aromatic N) is 3. The van der Waals surface area contributed by atoms with Crippen LogP contribution in [0.4, 0.5) is 0 Å². The van der Waals surface area contributed by atoms with Crippen LogP contribution in [0.3, 0.4) is 0 Å². The monoisotopic (exact) mass is 313 g/mol. The minimum Gasteiger partial charge on any atom is -0.376 e. The summed E-state index contributed by atoms with van der Waals surface area (Å²) in [5, 5.41) is 0.601. The van der Waals surface area contributed by atoms with Crippen molar-refractivity contribution in [3.05, 3.63) is 23.1 Å². The molecule has 0 saturated carbocycles. The number of rotatable bonds is 4. The van der Waals surface area contributed by atoms with Crippen molar-refractivity contribution >= 4 is 34.4 Å². The van der Waals surface area contributed by atoms with Gasteiger partial charge in [0, 0.05) is 25.1 Å². The number of hydrogen-bond acceptors (Lipinski definition) is 3. The molecule has 3 rings (SSSR count). The minimum absolute atomic E-state index is 0.203. The van der Waals surface area contributed by atoms with Crippen LogP contribution in [0.5, 0.6) is 0 Å². The maximum absolute atomic E-state index is 6.00. The molecule has 3 heterocycles. The predicted octanol–water partition coefficient (Wildman–Crippen LogP) is 3.61. The Kier molecular flexibility index (Phi) is 4.15. The zero-order valence-electron chi connectivity index (χ0n) is 11.4. The molecule has 1 saturated heterocycles. The summed E-state index contributed by atoms with van der Waals surface area (Å²) in [7, 11) is 0. The molecule has 0 N–H and O–H groups in total. The van der Waals surface area contributed by atoms with Crippen LogP contribution in [0.1, 0.15) is 31.6 Å². The third-order valence-corrected chi connectivity index (χ3v) is 4.19. The molecule has 108 valence electrons. The molecule has 0 spiro atoms. The summed E-state index contributed by atoms with van der Waals surface area (Å²) < 4.78 is 7.97. The molecule has 0 aliphatic carbocycles. The number of aromatic nitrogens is 3. The lowest BCUT2D eigenvalue weighted by molar-refractivity contribution is 0.0735. The Labute approximate surface area is 128 Å². The van der Waals surface area contributed by atoms with Gasteiger partial charge in [0.25, 0.3) is 0 Å². The van der Waals surface area contributed by atoms with Gasteiger partial charge in [-0.2, -0.15) is 0 Å². The van der Waals surface area contributed by atoms with Gasteiger partial charge in [-0.15, -0.1) is 11.6 Å². The molecule has 0 amide bonds. The lowest BCUT2D eigenvalue weighted by Gasteiger charge is -2.22. The molecule has 6 heteroatoms. The minimum atomic E-state index is 0.203. The van der Waals surface area contributed by atoms with E-state index in [-0.39, 0.29) is 12.1 Å². The first-order chi connectivity index (χ1) is 9.70. The van der Waals surface area contributed by atoms with E-state index in [1.54, 1.807) is 6.20 Å². The molecule has 0 radical (unpaired) electrons. The van der Waals surface area contributed by atoms with Crippen LogP contribution in [0.2, 0.25) is 5.02 Å². The smallest absolute Gasteiger partial charge is 0.160 e. The summed E-state index contributed by atoms with van der Waals surface area (Å²) in [5.41, 5.74) is 1.68. The quantitative estimate of drug-likeness (QED) is 0.810. The van der Waals surface area contributed by atoms with Gasteiger partial charge in [0.2, 0.25) is 0 Å². The highest BCUT2D eigenvalue weighted by molar-refractivity contribution is 6.31. The molecule has 0 aromatic carbocycles. The van der Waals surface area contributed by atoms with E-state index in [1.165, 1.54) is 0 Å². The zero-order chi connectivity index (χ0) is 14.1. The molecule has 1 aliphatic rings. The maximum Gasteiger partial charge on any atom is 0.160 e. The molecular formula is C14H17Cl2N3O. The Morgan fingerprint density at radius 2 is 2.40 bits per heavy atom. The van der Waals surface area contributed by atoms with Crippen molar-refractivity contribution < 1.29 is 4.74 Å². The Bertz CT molecular complexity index is 608. The number of hydrogen-bond donors (Lipinski definition) is 0. The van der Waals surface area contributed by atoms with Gasteiger partial charge in [-0.25, -0.2) is 9.97 Å². The van der Waals surface area contributed by atoms with E-state index in [9.17, 15) is 0 Å². The highest BCUT2D eigenvalue weighted by Crippen LogP contribution is 2.29. The van der Waals surface area contributed by atoms with E-state index in [4.69, 9.17) is 27.9 Å². The second kappa shape index (κ2) is 5.88. The first kappa shape index (κ1) is 14.1. The van der Waals surface area contributed by atoms with E-state index < -0.39 is 0 Å². The lowest BCUT2D eigenvalue weighted by Crippen LogP contribution is -2.23. The molecule has 20 heavy (non-hydrogen) atoms. The largest absolute Gasteiger partial charge is 0.376 e. The number of pyridine rings is 1. The van der Waals surface area contributed by atoms with Crippen molar-refractivity contribution in [2.75, 3.05) is 12.5 Å². The number of alkyl halides is 1. The Morgan fingerprint density at radius 1 is 1.55 bits per heavy atom. The molecule has 2 atom stereocenters. The third-order valence-electron chi connectivity index (χ3n) is 3.80. The standard InChI is InChI=1S/C14H17Cl2N3O/c1-9(12-3-2-6-20-12)19-13(4-5-15)18-11-7-10(16)8-17-14(11)19/h7-9,12H,2-6H2,1H3. The number of ether oxygens (including phenoxy) is 1. The number of imidazole rings is 1. The summed E-state index contributed by atoms with van der Waals surface area (Å²) in [5.74, 6) is 1.49. The molecule has 0 bridgehead atoms. The Balaban J connectivity index is 2.07. The average Bonchev–Trinajstić information content (AvgIpc) is 3.05. The molecule has 2 aromatic rings. The van der Waals surface area contributed by atoms with Gasteiger partial charge in [-0.1, -0.05) is 11.6 Å². The van der Waals surface area contributed by atoms with Crippen LogP contribution in [0.15, 0.2) is 12.3 Å². The van der Waals surface area contributed by atoms with Gasteiger partial charge >= 0.3 is 0 Å². The molecule has 4 nitrogen and oxygen atoms in total. The van der Waals surface area contributed by atoms with Crippen molar-refractivity contribution in [1.29, 1.82) is 0 Å². The lowest BCUT2D eigenvalue weighted by atomic mass is 10.1. The first-order valence-electron chi connectivity index (χ1n) is 6.90. The Morgan fingerprint density at radius 3 is 3.10 bits per heavy atom. The second-order valence-electron chi connectivity index (χ2n) is 5.13. The summed E-state index contributed by atoms with van der Waals surface area (Å²) in [4.78, 5) is 9.08. The maximum atomic E-state index is 6.00. The highest BCUT2D eigenvalue weighted by atomic mass is 35.5. The summed E-state index contributed by atoms with van der Waals surface area (Å²) in [6, 6.07) is 2.05. The molecule has 2 unspecified atom stereocenters. The summed E-state index contributed by atoms with van der Waals surface area (Å²) >= 11 is 11.9. The van der Waals surface area contributed by atoms with Crippen molar-refractivity contribution in [3.63, 3.8) is 0 Å². The first-order valence-corrected chi connectivity index (χ1v) is 7.82. The second-order valence-corrected chi connectivity index (χ2v) is 5.94. The van der Waals surface area contributed by atoms with Gasteiger partial charge in [0.05, 0.1) is 17.2 Å². The van der Waals surface area contributed by atoms with Crippen molar-refractivity contribution in [1.82, 2.24) is 14.5 Å². The van der Waals surface area contributed by atoms with Crippen molar-refractivity contribution in [3.8, 4) is 0 Å². The highest BCUT2D eigenvalue weighted by Gasteiger charge is 2.27. The number of aryl methyl sites for hydroxylation is 1. The normalized spacial score (nSPS) is 20.6. The van der Waals surface area contributed by atoms with Gasteiger partial charge in [-0.3, -0.25) is 0 Å². The fourth-order valence-electron chi connectivity index (χ4n) is 2.84. The summed E-state index contributed by atoms with van der Waals surface area (Å²) in [6.45, 7) is 3.00. The van der Waals surface area contributed by atoms with Gasteiger partial charge < -0.3 is 9.30 Å².